The van der Waals surface area contributed by atoms with Crippen LogP contribution in [0.2, 0.25) is 0 Å². The summed E-state index contributed by atoms with van der Waals surface area (Å²) < 4.78 is 37.5. The molecule has 0 unspecified atom stereocenters. The van der Waals surface area contributed by atoms with E-state index in [2.05, 4.69) is 38.4 Å². The third-order valence-corrected chi connectivity index (χ3v) is 10.0. The number of aryl methyl sites for hydroxylation is 1. The highest BCUT2D eigenvalue weighted by Gasteiger charge is 2.23. The summed E-state index contributed by atoms with van der Waals surface area (Å²) in [6, 6.07) is 18.0. The van der Waals surface area contributed by atoms with Gasteiger partial charge >= 0.3 is 0 Å². The van der Waals surface area contributed by atoms with Crippen LogP contribution >= 0.6 is 11.3 Å². The number of aromatic amines is 2. The van der Waals surface area contributed by atoms with Gasteiger partial charge in [-0.2, -0.15) is 10.4 Å². The minimum atomic E-state index is -0.495. The molecule has 2 saturated heterocycles. The predicted octanol–water partition coefficient (Wildman–Crippen LogP) is 7.65. The van der Waals surface area contributed by atoms with Gasteiger partial charge in [0.1, 0.15) is 35.2 Å². The molecule has 6 heterocycles. The van der Waals surface area contributed by atoms with Crippen LogP contribution in [0, 0.1) is 29.9 Å². The molecule has 0 amide bonds. The summed E-state index contributed by atoms with van der Waals surface area (Å²) in [5.41, 5.74) is 5.49. The van der Waals surface area contributed by atoms with E-state index in [0.29, 0.717) is 40.0 Å². The fourth-order valence-corrected chi connectivity index (χ4v) is 6.72. The quantitative estimate of drug-likeness (QED) is 0.135. The van der Waals surface area contributed by atoms with E-state index in [4.69, 9.17) is 24.7 Å². The van der Waals surface area contributed by atoms with Crippen LogP contribution in [0.3, 0.4) is 0 Å². The number of fused-ring (bicyclic) bond motifs is 2. The molecular formula is C38H40F2N8O3S. The molecule has 0 bridgehead atoms. The highest BCUT2D eigenvalue weighted by molar-refractivity contribution is 7.12. The first kappa shape index (κ1) is 36.6. The number of pyridine rings is 1. The summed E-state index contributed by atoms with van der Waals surface area (Å²) in [5, 5.41) is 19.2. The molecule has 0 radical (unpaired) electrons. The lowest BCUT2D eigenvalue weighted by molar-refractivity contribution is -0.0375. The first-order valence-electron chi connectivity index (χ1n) is 17.1. The Balaban J connectivity index is 0.000000210. The molecule has 0 spiro atoms. The molecule has 0 saturated carbocycles. The molecule has 6 aromatic rings. The molecule has 2 aromatic carbocycles. The number of rotatable bonds is 8. The molecular weight excluding hydrogens is 687 g/mol. The third kappa shape index (κ3) is 8.97. The second kappa shape index (κ2) is 16.9. The van der Waals surface area contributed by atoms with Crippen LogP contribution in [0.25, 0.3) is 21.9 Å². The Kier molecular flexibility index (Phi) is 11.9. The monoisotopic (exact) mass is 726 g/mol. The second-order valence-corrected chi connectivity index (χ2v) is 13.9. The Morgan fingerprint density at radius 2 is 1.90 bits per heavy atom. The smallest absolute Gasteiger partial charge is 0.213 e. The number of piperidine rings is 1. The number of imidazole rings is 1. The van der Waals surface area contributed by atoms with E-state index in [0.717, 1.165) is 84.4 Å². The summed E-state index contributed by atoms with van der Waals surface area (Å²) in [6.45, 7) is 7.80. The molecule has 2 aliphatic rings. The van der Waals surface area contributed by atoms with Crippen molar-refractivity contribution < 1.29 is 23.0 Å². The van der Waals surface area contributed by atoms with E-state index >= 15 is 0 Å². The van der Waals surface area contributed by atoms with Crippen molar-refractivity contribution in [3.63, 3.8) is 0 Å². The molecule has 8 rings (SSSR count). The molecule has 4 aromatic heterocycles. The summed E-state index contributed by atoms with van der Waals surface area (Å²) in [4.78, 5) is 26.5. The van der Waals surface area contributed by atoms with E-state index in [9.17, 15) is 13.6 Å². The fraction of sp³-hybridized carbons (Fsp3) is 0.342. The number of thiophene rings is 1. The van der Waals surface area contributed by atoms with E-state index in [-0.39, 0.29) is 17.0 Å². The lowest BCUT2D eigenvalue weighted by Crippen LogP contribution is -2.33. The van der Waals surface area contributed by atoms with E-state index < -0.39 is 11.6 Å². The van der Waals surface area contributed by atoms with E-state index in [1.165, 1.54) is 18.6 Å². The molecule has 11 nitrogen and oxygen atoms in total. The van der Waals surface area contributed by atoms with Gasteiger partial charge in [-0.05, 0) is 88.7 Å². The predicted molar refractivity (Wildman–Crippen MR) is 197 cm³/mol. The van der Waals surface area contributed by atoms with Crippen molar-refractivity contribution in [3.05, 3.63) is 98.8 Å². The minimum Gasteiger partial charge on any atom is -0.472 e. The Bertz CT molecular complexity index is 2180. The lowest BCUT2D eigenvalue weighted by Gasteiger charge is -2.31. The number of hydrogen-bond acceptors (Lipinski definition) is 10. The number of nitrogens with one attached hydrogen (secondary N) is 3. The van der Waals surface area contributed by atoms with Crippen LogP contribution in [0.1, 0.15) is 69.4 Å². The van der Waals surface area contributed by atoms with Crippen LogP contribution in [0.4, 0.5) is 14.5 Å². The molecule has 3 N–H and O–H groups in total. The SMILES string of the molecule is CNc1ccc2nc(CN3CCC(c4cccc(OCc5cc(F)c(C#N)s5)n4)CC3)[nH]c2c1.C[C@@H]1CCO1.Cc1[nH]nc2c(F)cc(C=O)cc12. The Morgan fingerprint density at radius 1 is 1.12 bits per heavy atom. The van der Waals surface area contributed by atoms with Gasteiger partial charge in [0.2, 0.25) is 5.88 Å². The number of hydrogen-bond donors (Lipinski definition) is 3. The minimum absolute atomic E-state index is 0.0810. The summed E-state index contributed by atoms with van der Waals surface area (Å²) in [7, 11) is 1.91. The maximum atomic E-state index is 13.6. The first-order valence-corrected chi connectivity index (χ1v) is 17.9. The number of likely N-dealkylation sites (tertiary alicyclic amines) is 1. The van der Waals surface area contributed by atoms with Crippen molar-refractivity contribution >= 4 is 45.2 Å². The third-order valence-electron chi connectivity index (χ3n) is 9.03. The van der Waals surface area contributed by atoms with Crippen LogP contribution in [-0.2, 0) is 17.9 Å². The van der Waals surface area contributed by atoms with Gasteiger partial charge in [-0.25, -0.2) is 18.7 Å². The standard InChI is InChI=1S/C25H25FN6OS.C9H7FN2O.C4H8O/c1-28-17-5-6-21-22(11-17)30-24(29-21)14-32-9-7-16(8-10-32)20-3-2-4-25(31-20)33-15-18-12-19(26)23(13-27)34-18;1-5-7-2-6(4-13)3-8(10)9(7)12-11-5;1-4-2-3-5-4/h2-6,11-12,16,28H,7-10,14-15H2,1H3,(H,29,30);2-4H,1H3,(H,11,12);4H,2-3H2,1H3/t;;4-/m..1/s1. The highest BCUT2D eigenvalue weighted by atomic mass is 32.1. The molecule has 2 aliphatic heterocycles. The zero-order valence-corrected chi connectivity index (χ0v) is 30.0. The molecule has 270 valence electrons. The largest absolute Gasteiger partial charge is 0.472 e. The maximum Gasteiger partial charge on any atom is 0.213 e. The first-order chi connectivity index (χ1) is 25.2. The number of halogens is 2. The number of nitrogens with zero attached hydrogens (tertiary/aromatic N) is 5. The van der Waals surface area contributed by atoms with Gasteiger partial charge in [-0.3, -0.25) is 14.8 Å². The average molecular weight is 727 g/mol. The molecule has 14 heteroatoms. The number of carbonyl (C=O) groups excluding carboxylic acids is 1. The number of carbonyl (C=O) groups is 1. The van der Waals surface area contributed by atoms with Crippen LogP contribution < -0.4 is 10.1 Å². The molecule has 0 aliphatic carbocycles. The van der Waals surface area contributed by atoms with E-state index in [1.54, 1.807) is 13.0 Å². The average Bonchev–Trinajstić information content (AvgIpc) is 3.85. The number of aldehydes is 1. The molecule has 2 fully saturated rings. The number of benzene rings is 2. The van der Waals surface area contributed by atoms with Gasteiger partial charge in [0.15, 0.2) is 11.6 Å². The number of H-pyrrole nitrogens is 2. The number of nitriles is 1. The summed E-state index contributed by atoms with van der Waals surface area (Å²) >= 11 is 1.11. The molecule has 52 heavy (non-hydrogen) atoms. The van der Waals surface area contributed by atoms with Gasteiger partial charge in [-0.1, -0.05) is 6.07 Å². The zero-order chi connectivity index (χ0) is 36.6. The van der Waals surface area contributed by atoms with Crippen LogP contribution in [-0.4, -0.2) is 69.2 Å². The topological polar surface area (TPSA) is 145 Å². The van der Waals surface area contributed by atoms with Gasteiger partial charge in [0.05, 0.1) is 23.7 Å². The van der Waals surface area contributed by atoms with Crippen molar-refractivity contribution in [2.75, 3.05) is 32.1 Å². The highest BCUT2D eigenvalue weighted by Crippen LogP contribution is 2.29. The molecule has 1 atom stereocenters. The number of aromatic nitrogens is 5. The van der Waals surface area contributed by atoms with Gasteiger partial charge in [0.25, 0.3) is 0 Å². The van der Waals surface area contributed by atoms with Crippen LogP contribution in [0.5, 0.6) is 5.88 Å². The van der Waals surface area contributed by atoms with Gasteiger partial charge in [0, 0.05) is 58.5 Å². The van der Waals surface area contributed by atoms with Crippen LogP contribution in [0.15, 0.2) is 54.6 Å². The van der Waals surface area contributed by atoms with Crippen molar-refractivity contribution in [3.8, 4) is 11.9 Å². The Labute approximate surface area is 304 Å². The van der Waals surface area contributed by atoms with Crippen molar-refractivity contribution in [2.24, 2.45) is 0 Å². The number of anilines is 1. The summed E-state index contributed by atoms with van der Waals surface area (Å²) in [6.07, 6.45) is 4.48. The van der Waals surface area contributed by atoms with E-state index in [1.807, 2.05) is 43.4 Å². The zero-order valence-electron chi connectivity index (χ0n) is 29.2. The second-order valence-electron chi connectivity index (χ2n) is 12.7. The fourth-order valence-electron chi connectivity index (χ4n) is 5.98. The lowest BCUT2D eigenvalue weighted by atomic mass is 9.93. The summed E-state index contributed by atoms with van der Waals surface area (Å²) in [5.74, 6) is 0.919. The Hall–Kier alpha value is -5.23. The number of ether oxygens (including phenoxy) is 2. The maximum absolute atomic E-state index is 13.6. The van der Waals surface area contributed by atoms with Gasteiger partial charge in [-0.15, -0.1) is 11.3 Å². The van der Waals surface area contributed by atoms with Crippen molar-refractivity contribution in [1.82, 2.24) is 30.0 Å². The Morgan fingerprint density at radius 3 is 2.58 bits per heavy atom. The van der Waals surface area contributed by atoms with Gasteiger partial charge < -0.3 is 19.8 Å². The van der Waals surface area contributed by atoms with Crippen molar-refractivity contribution in [1.29, 1.82) is 5.26 Å². The normalized spacial score (nSPS) is 15.9. The van der Waals surface area contributed by atoms with Crippen molar-refractivity contribution in [2.45, 2.75) is 58.3 Å².